The molecule has 0 bridgehead atoms. The van der Waals surface area contributed by atoms with Gasteiger partial charge in [-0.1, -0.05) is 55.4 Å². The number of esters is 1. The van der Waals surface area contributed by atoms with Crippen molar-refractivity contribution >= 4 is 5.97 Å². The van der Waals surface area contributed by atoms with E-state index in [1.165, 1.54) is 0 Å². The van der Waals surface area contributed by atoms with Gasteiger partial charge < -0.3 is 4.74 Å². The molecule has 0 aliphatic rings. The summed E-state index contributed by atoms with van der Waals surface area (Å²) < 4.78 is 6.14. The molecule has 0 amide bonds. The van der Waals surface area contributed by atoms with Gasteiger partial charge in [-0.15, -0.1) is 0 Å². The van der Waals surface area contributed by atoms with Crippen molar-refractivity contribution in [2.75, 3.05) is 0 Å². The molecule has 0 aliphatic heterocycles. The van der Waals surface area contributed by atoms with E-state index < -0.39 is 11.0 Å². The fourth-order valence-corrected chi connectivity index (χ4v) is 3.22. The van der Waals surface area contributed by atoms with E-state index in [1.807, 2.05) is 20.8 Å². The van der Waals surface area contributed by atoms with E-state index >= 15 is 0 Å². The summed E-state index contributed by atoms with van der Waals surface area (Å²) in [5.74, 6) is 0.487. The zero-order valence-corrected chi connectivity index (χ0v) is 14.7. The van der Waals surface area contributed by atoms with Gasteiger partial charge in [0.15, 0.2) is 0 Å². The first-order valence-electron chi connectivity index (χ1n) is 7.56. The SMILES string of the molecule is CCC(C)(C)C(=O)OC(C(C)C)(C(C)C)C(C)(C)C. The van der Waals surface area contributed by atoms with Crippen molar-refractivity contribution in [2.24, 2.45) is 22.7 Å². The van der Waals surface area contributed by atoms with Gasteiger partial charge in [0.2, 0.25) is 0 Å². The first-order valence-corrected chi connectivity index (χ1v) is 7.56. The second-order valence-corrected chi connectivity index (χ2v) is 7.98. The van der Waals surface area contributed by atoms with Crippen LogP contribution in [0.15, 0.2) is 0 Å². The Balaban J connectivity index is 5.60. The highest BCUT2D eigenvalue weighted by atomic mass is 16.6. The Labute approximate surface area is 120 Å². The number of carbonyl (C=O) groups excluding carboxylic acids is 1. The smallest absolute Gasteiger partial charge is 0.312 e. The van der Waals surface area contributed by atoms with Crippen molar-refractivity contribution in [3.05, 3.63) is 0 Å². The quantitative estimate of drug-likeness (QED) is 0.652. The number of hydrogen-bond acceptors (Lipinski definition) is 2. The summed E-state index contributed by atoms with van der Waals surface area (Å²) in [6, 6.07) is 0. The molecular formula is C17H34O2. The van der Waals surface area contributed by atoms with Crippen LogP contribution in [-0.2, 0) is 9.53 Å². The van der Waals surface area contributed by atoms with Gasteiger partial charge in [0.1, 0.15) is 5.60 Å². The first kappa shape index (κ1) is 18.5. The number of hydrogen-bond donors (Lipinski definition) is 0. The second kappa shape index (κ2) is 5.85. The minimum absolute atomic E-state index is 0.0766. The summed E-state index contributed by atoms with van der Waals surface area (Å²) in [6.45, 7) is 21.1. The average Bonchev–Trinajstić information content (AvgIpc) is 2.22. The van der Waals surface area contributed by atoms with E-state index in [1.54, 1.807) is 0 Å². The van der Waals surface area contributed by atoms with Gasteiger partial charge in [0, 0.05) is 5.41 Å². The number of rotatable bonds is 5. The Morgan fingerprint density at radius 1 is 0.947 bits per heavy atom. The topological polar surface area (TPSA) is 26.3 Å². The normalized spacial score (nSPS) is 14.1. The number of ether oxygens (including phenoxy) is 1. The maximum Gasteiger partial charge on any atom is 0.312 e. The van der Waals surface area contributed by atoms with E-state index in [9.17, 15) is 4.79 Å². The van der Waals surface area contributed by atoms with E-state index in [4.69, 9.17) is 4.74 Å². The lowest BCUT2D eigenvalue weighted by molar-refractivity contribution is -0.204. The molecular weight excluding hydrogens is 236 g/mol. The Morgan fingerprint density at radius 2 is 1.32 bits per heavy atom. The van der Waals surface area contributed by atoms with Gasteiger partial charge in [0.05, 0.1) is 5.41 Å². The molecule has 0 saturated carbocycles. The Morgan fingerprint density at radius 3 is 1.53 bits per heavy atom. The van der Waals surface area contributed by atoms with Crippen LogP contribution in [0.3, 0.4) is 0 Å². The van der Waals surface area contributed by atoms with Crippen LogP contribution < -0.4 is 0 Å². The molecule has 19 heavy (non-hydrogen) atoms. The van der Waals surface area contributed by atoms with Gasteiger partial charge in [-0.2, -0.15) is 0 Å². The molecule has 0 aromatic carbocycles. The summed E-state index contributed by atoms with van der Waals surface area (Å²) in [5.41, 5.74) is -0.939. The first-order chi connectivity index (χ1) is 8.33. The van der Waals surface area contributed by atoms with Gasteiger partial charge >= 0.3 is 5.97 Å². The predicted molar refractivity (Wildman–Crippen MR) is 82.0 cm³/mol. The van der Waals surface area contributed by atoms with Crippen molar-refractivity contribution in [1.82, 2.24) is 0 Å². The fourth-order valence-electron chi connectivity index (χ4n) is 3.22. The van der Waals surface area contributed by atoms with Crippen LogP contribution >= 0.6 is 0 Å². The highest BCUT2D eigenvalue weighted by Crippen LogP contribution is 2.46. The standard InChI is InChI=1S/C17H34O2/c1-11-16(9,10)14(18)19-17(12(2)3,13(4)5)15(6,7)8/h12-13H,11H2,1-10H3. The molecule has 114 valence electrons. The molecule has 0 aromatic heterocycles. The van der Waals surface area contributed by atoms with Crippen LogP contribution in [0.2, 0.25) is 0 Å². The average molecular weight is 270 g/mol. The summed E-state index contributed by atoms with van der Waals surface area (Å²) in [4.78, 5) is 12.5. The molecule has 0 fully saturated rings. The highest BCUT2D eigenvalue weighted by molar-refractivity contribution is 5.76. The molecule has 0 aliphatic carbocycles. The molecule has 2 nitrogen and oxygen atoms in total. The molecule has 0 radical (unpaired) electrons. The third kappa shape index (κ3) is 3.52. The molecule has 0 rings (SSSR count). The van der Waals surface area contributed by atoms with Crippen LogP contribution in [0.25, 0.3) is 0 Å². The zero-order chi connectivity index (χ0) is 15.6. The van der Waals surface area contributed by atoms with E-state index in [0.717, 1.165) is 6.42 Å². The van der Waals surface area contributed by atoms with Crippen LogP contribution in [0, 0.1) is 22.7 Å². The van der Waals surface area contributed by atoms with E-state index in [0.29, 0.717) is 0 Å². The maximum absolute atomic E-state index is 12.5. The third-order valence-electron chi connectivity index (χ3n) is 4.59. The van der Waals surface area contributed by atoms with Crippen molar-refractivity contribution in [3.63, 3.8) is 0 Å². The van der Waals surface area contributed by atoms with E-state index in [-0.39, 0.29) is 23.2 Å². The van der Waals surface area contributed by atoms with Gasteiger partial charge in [-0.25, -0.2) is 0 Å². The lowest BCUT2D eigenvalue weighted by atomic mass is 9.64. The molecule has 0 spiro atoms. The lowest BCUT2D eigenvalue weighted by Crippen LogP contribution is -2.56. The molecule has 0 heterocycles. The zero-order valence-electron chi connectivity index (χ0n) is 14.7. The van der Waals surface area contributed by atoms with Gasteiger partial charge in [-0.05, 0) is 32.1 Å². The largest absolute Gasteiger partial charge is 0.458 e. The van der Waals surface area contributed by atoms with Crippen molar-refractivity contribution in [1.29, 1.82) is 0 Å². The molecule has 0 aromatic rings. The summed E-state index contributed by atoms with van der Waals surface area (Å²) in [5, 5.41) is 0. The third-order valence-corrected chi connectivity index (χ3v) is 4.59. The second-order valence-electron chi connectivity index (χ2n) is 7.98. The molecule has 2 heteroatoms. The van der Waals surface area contributed by atoms with Crippen molar-refractivity contribution in [2.45, 2.75) is 81.3 Å². The Kier molecular flexibility index (Phi) is 5.68. The molecule has 0 atom stereocenters. The molecule has 0 saturated heterocycles. The van der Waals surface area contributed by atoms with Crippen molar-refractivity contribution in [3.8, 4) is 0 Å². The minimum Gasteiger partial charge on any atom is -0.458 e. The van der Waals surface area contributed by atoms with Crippen LogP contribution in [0.1, 0.15) is 75.7 Å². The summed E-state index contributed by atoms with van der Waals surface area (Å²) in [6.07, 6.45) is 0.794. The predicted octanol–water partition coefficient (Wildman–Crippen LogP) is 5.06. The fraction of sp³-hybridized carbons (Fsp3) is 0.941. The molecule has 0 unspecified atom stereocenters. The summed E-state index contributed by atoms with van der Waals surface area (Å²) in [7, 11) is 0. The van der Waals surface area contributed by atoms with Crippen LogP contribution in [0.5, 0.6) is 0 Å². The Hall–Kier alpha value is -0.530. The van der Waals surface area contributed by atoms with Gasteiger partial charge in [-0.3, -0.25) is 4.79 Å². The van der Waals surface area contributed by atoms with E-state index in [2.05, 4.69) is 48.5 Å². The van der Waals surface area contributed by atoms with Crippen LogP contribution in [-0.4, -0.2) is 11.6 Å². The lowest BCUT2D eigenvalue weighted by Gasteiger charge is -2.51. The molecule has 0 N–H and O–H groups in total. The monoisotopic (exact) mass is 270 g/mol. The minimum atomic E-state index is -0.434. The maximum atomic E-state index is 12.5. The van der Waals surface area contributed by atoms with Crippen LogP contribution in [0.4, 0.5) is 0 Å². The summed E-state index contributed by atoms with van der Waals surface area (Å²) >= 11 is 0. The van der Waals surface area contributed by atoms with Gasteiger partial charge in [0.25, 0.3) is 0 Å². The highest BCUT2D eigenvalue weighted by Gasteiger charge is 2.51. The van der Waals surface area contributed by atoms with Crippen molar-refractivity contribution < 1.29 is 9.53 Å². The Bertz CT molecular complexity index is 298. The number of carbonyl (C=O) groups is 1.